The van der Waals surface area contributed by atoms with Crippen LogP contribution in [0.4, 0.5) is 5.00 Å². The standard InChI is InChI=1S/C26H31BrN4O4S2/c1-5-31-23(16(4)35-18-12-10-17(27)11-13-18)29-30-26(31)36-14-21(32)28-24-22(25(33)34-15(2)3)19-8-6-7-9-20(19)37-24/h10-13,15-16H,5-9,14H2,1-4H3,(H,28,32). The highest BCUT2D eigenvalue weighted by Gasteiger charge is 2.28. The molecular formula is C26H31BrN4O4S2. The van der Waals surface area contributed by atoms with Gasteiger partial charge in [-0.05, 0) is 83.2 Å². The Balaban J connectivity index is 1.43. The van der Waals surface area contributed by atoms with Gasteiger partial charge in [-0.15, -0.1) is 21.5 Å². The number of thioether (sulfide) groups is 1. The van der Waals surface area contributed by atoms with Crippen molar-refractivity contribution >= 4 is 55.9 Å². The molecule has 0 saturated heterocycles. The van der Waals surface area contributed by atoms with Crippen LogP contribution in [0.1, 0.15) is 73.3 Å². The number of hydrogen-bond donors (Lipinski definition) is 1. The van der Waals surface area contributed by atoms with E-state index in [0.29, 0.717) is 28.1 Å². The third-order valence-electron chi connectivity index (χ3n) is 5.86. The molecule has 1 aromatic carbocycles. The first-order valence-electron chi connectivity index (χ1n) is 12.4. The molecule has 4 rings (SSSR count). The van der Waals surface area contributed by atoms with Crippen LogP contribution >= 0.6 is 39.0 Å². The zero-order valence-corrected chi connectivity index (χ0v) is 24.6. The molecule has 1 N–H and O–H groups in total. The molecule has 2 heterocycles. The monoisotopic (exact) mass is 606 g/mol. The second kappa shape index (κ2) is 12.4. The van der Waals surface area contributed by atoms with E-state index in [4.69, 9.17) is 9.47 Å². The highest BCUT2D eigenvalue weighted by atomic mass is 79.9. The fourth-order valence-corrected chi connectivity index (χ4v) is 6.58. The Hall–Kier alpha value is -2.37. The maximum absolute atomic E-state index is 12.9. The van der Waals surface area contributed by atoms with E-state index >= 15 is 0 Å². The van der Waals surface area contributed by atoms with Crippen molar-refractivity contribution in [1.29, 1.82) is 0 Å². The molecule has 3 aromatic rings. The number of fused-ring (bicyclic) bond motifs is 1. The quantitative estimate of drug-likeness (QED) is 0.210. The van der Waals surface area contributed by atoms with Crippen LogP contribution in [-0.2, 0) is 28.9 Å². The van der Waals surface area contributed by atoms with Gasteiger partial charge in [0.05, 0.1) is 17.4 Å². The molecule has 1 aliphatic rings. The number of nitrogens with one attached hydrogen (secondary N) is 1. The minimum Gasteiger partial charge on any atom is -0.483 e. The van der Waals surface area contributed by atoms with Crippen LogP contribution in [0.25, 0.3) is 0 Å². The molecule has 198 valence electrons. The van der Waals surface area contributed by atoms with E-state index in [2.05, 4.69) is 31.4 Å². The van der Waals surface area contributed by atoms with Crippen molar-refractivity contribution in [3.05, 3.63) is 50.6 Å². The minimum absolute atomic E-state index is 0.140. The number of aryl methyl sites for hydroxylation is 1. The number of carbonyl (C=O) groups is 2. The van der Waals surface area contributed by atoms with E-state index in [0.717, 1.165) is 41.5 Å². The van der Waals surface area contributed by atoms with Gasteiger partial charge in [0.15, 0.2) is 17.1 Å². The first kappa shape index (κ1) is 27.7. The molecule has 0 saturated carbocycles. The van der Waals surface area contributed by atoms with Crippen LogP contribution in [0.15, 0.2) is 33.9 Å². The Bertz CT molecular complexity index is 1260. The highest BCUT2D eigenvalue weighted by Crippen LogP contribution is 2.39. The Morgan fingerprint density at radius 3 is 2.59 bits per heavy atom. The molecule has 0 radical (unpaired) electrons. The summed E-state index contributed by atoms with van der Waals surface area (Å²) in [6.45, 7) is 8.23. The molecule has 0 aliphatic heterocycles. The summed E-state index contributed by atoms with van der Waals surface area (Å²) >= 11 is 6.23. The minimum atomic E-state index is -0.368. The summed E-state index contributed by atoms with van der Waals surface area (Å²) in [4.78, 5) is 27.0. The summed E-state index contributed by atoms with van der Waals surface area (Å²) in [5, 5.41) is 12.8. The lowest BCUT2D eigenvalue weighted by molar-refractivity contribution is -0.113. The van der Waals surface area contributed by atoms with E-state index in [9.17, 15) is 9.59 Å². The summed E-state index contributed by atoms with van der Waals surface area (Å²) in [6, 6.07) is 7.62. The summed E-state index contributed by atoms with van der Waals surface area (Å²) in [6.07, 6.45) is 3.35. The summed E-state index contributed by atoms with van der Waals surface area (Å²) in [7, 11) is 0. The first-order valence-corrected chi connectivity index (χ1v) is 15.0. The average molecular weight is 608 g/mol. The fraction of sp³-hybridized carbons (Fsp3) is 0.462. The third kappa shape index (κ3) is 6.74. The number of thiophene rings is 1. The molecule has 1 atom stereocenters. The largest absolute Gasteiger partial charge is 0.483 e. The number of nitrogens with zero attached hydrogens (tertiary/aromatic N) is 3. The molecule has 0 fully saturated rings. The van der Waals surface area contributed by atoms with Gasteiger partial charge < -0.3 is 19.4 Å². The molecular weight excluding hydrogens is 576 g/mol. The lowest BCUT2D eigenvalue weighted by atomic mass is 9.95. The summed E-state index contributed by atoms with van der Waals surface area (Å²) < 4.78 is 14.5. The second-order valence-corrected chi connectivity index (χ2v) is 12.0. The number of halogens is 1. The van der Waals surface area contributed by atoms with E-state index in [1.807, 2.05) is 56.5 Å². The van der Waals surface area contributed by atoms with Crippen LogP contribution in [-0.4, -0.2) is 38.5 Å². The molecule has 37 heavy (non-hydrogen) atoms. The van der Waals surface area contributed by atoms with Crippen molar-refractivity contribution in [2.75, 3.05) is 11.1 Å². The molecule has 1 unspecified atom stereocenters. The Morgan fingerprint density at radius 2 is 1.89 bits per heavy atom. The van der Waals surface area contributed by atoms with Crippen LogP contribution in [0, 0.1) is 0 Å². The number of amides is 1. The second-order valence-electron chi connectivity index (χ2n) is 9.00. The number of anilines is 1. The van der Waals surface area contributed by atoms with Gasteiger partial charge in [-0.3, -0.25) is 4.79 Å². The molecule has 1 aliphatic carbocycles. The van der Waals surface area contributed by atoms with Crippen molar-refractivity contribution < 1.29 is 19.1 Å². The number of carbonyl (C=O) groups excluding carboxylic acids is 2. The van der Waals surface area contributed by atoms with Crippen molar-refractivity contribution in [3.8, 4) is 5.75 Å². The van der Waals surface area contributed by atoms with Crippen LogP contribution in [0.2, 0.25) is 0 Å². The molecule has 0 spiro atoms. The maximum atomic E-state index is 12.9. The number of esters is 1. The van der Waals surface area contributed by atoms with Gasteiger partial charge in [-0.2, -0.15) is 0 Å². The SMILES string of the molecule is CCn1c(SCC(=O)Nc2sc3c(c2C(=O)OC(C)C)CCCC3)nnc1C(C)Oc1ccc(Br)cc1. The maximum Gasteiger partial charge on any atom is 0.341 e. The predicted molar refractivity (Wildman–Crippen MR) is 150 cm³/mol. The topological polar surface area (TPSA) is 95.3 Å². The van der Waals surface area contributed by atoms with Crippen LogP contribution in [0.5, 0.6) is 5.75 Å². The van der Waals surface area contributed by atoms with Gasteiger partial charge in [0, 0.05) is 15.9 Å². The third-order valence-corrected chi connectivity index (χ3v) is 8.56. The smallest absolute Gasteiger partial charge is 0.341 e. The summed E-state index contributed by atoms with van der Waals surface area (Å²) in [5.41, 5.74) is 1.55. The normalized spacial score (nSPS) is 13.8. The lowest BCUT2D eigenvalue weighted by Gasteiger charge is -2.15. The Labute approximate surface area is 233 Å². The molecule has 1 amide bonds. The van der Waals surface area contributed by atoms with Gasteiger partial charge in [0.2, 0.25) is 5.91 Å². The van der Waals surface area contributed by atoms with Crippen molar-refractivity contribution in [1.82, 2.24) is 14.8 Å². The van der Waals surface area contributed by atoms with Crippen LogP contribution in [0.3, 0.4) is 0 Å². The van der Waals surface area contributed by atoms with Gasteiger partial charge in [-0.25, -0.2) is 4.79 Å². The Kier molecular flexibility index (Phi) is 9.31. The number of benzene rings is 1. The van der Waals surface area contributed by atoms with Gasteiger partial charge >= 0.3 is 5.97 Å². The molecule has 8 nitrogen and oxygen atoms in total. The van der Waals surface area contributed by atoms with Crippen molar-refractivity contribution in [3.63, 3.8) is 0 Å². The molecule has 11 heteroatoms. The lowest BCUT2D eigenvalue weighted by Crippen LogP contribution is -2.19. The van der Waals surface area contributed by atoms with Gasteiger partial charge in [0.25, 0.3) is 0 Å². The number of hydrogen-bond acceptors (Lipinski definition) is 8. The van der Waals surface area contributed by atoms with Gasteiger partial charge in [-0.1, -0.05) is 27.7 Å². The van der Waals surface area contributed by atoms with Crippen LogP contribution < -0.4 is 10.1 Å². The van der Waals surface area contributed by atoms with E-state index in [-0.39, 0.29) is 29.8 Å². The van der Waals surface area contributed by atoms with Gasteiger partial charge in [0.1, 0.15) is 10.8 Å². The van der Waals surface area contributed by atoms with E-state index in [1.165, 1.54) is 28.0 Å². The molecule has 2 aromatic heterocycles. The first-order chi connectivity index (χ1) is 17.8. The number of aromatic nitrogens is 3. The summed E-state index contributed by atoms with van der Waals surface area (Å²) in [5.74, 6) is 1.00. The Morgan fingerprint density at radius 1 is 1.16 bits per heavy atom. The van der Waals surface area contributed by atoms with E-state index in [1.54, 1.807) is 0 Å². The zero-order valence-electron chi connectivity index (χ0n) is 21.4. The molecule has 0 bridgehead atoms. The number of rotatable bonds is 10. The van der Waals surface area contributed by atoms with Crippen molar-refractivity contribution in [2.24, 2.45) is 0 Å². The fourth-order valence-electron chi connectivity index (χ4n) is 4.21. The number of ether oxygens (including phenoxy) is 2. The zero-order chi connectivity index (χ0) is 26.5. The predicted octanol–water partition coefficient (Wildman–Crippen LogP) is 6.44. The average Bonchev–Trinajstić information content (AvgIpc) is 3.44. The van der Waals surface area contributed by atoms with Crippen molar-refractivity contribution in [2.45, 2.75) is 77.3 Å². The van der Waals surface area contributed by atoms with E-state index < -0.39 is 0 Å². The highest BCUT2D eigenvalue weighted by molar-refractivity contribution is 9.10.